The van der Waals surface area contributed by atoms with Gasteiger partial charge in [-0.15, -0.1) is 0 Å². The molecular weight excluding hydrogens is 276 g/mol. The molecule has 0 amide bonds. The second kappa shape index (κ2) is 8.83. The van der Waals surface area contributed by atoms with Crippen molar-refractivity contribution in [3.05, 3.63) is 24.2 Å². The molecule has 1 unspecified atom stereocenters. The van der Waals surface area contributed by atoms with Gasteiger partial charge in [0.1, 0.15) is 5.76 Å². The third kappa shape index (κ3) is 5.37. The Hall–Kier alpha value is -1.49. The Morgan fingerprint density at radius 1 is 1.50 bits per heavy atom. The fourth-order valence-corrected chi connectivity index (χ4v) is 2.90. The van der Waals surface area contributed by atoms with Crippen LogP contribution in [0.15, 0.2) is 27.8 Å². The Bertz CT molecular complexity index is 442. The van der Waals surface area contributed by atoms with Gasteiger partial charge >= 0.3 is 0 Å². The van der Waals surface area contributed by atoms with E-state index in [0.717, 1.165) is 37.8 Å². The molecule has 1 saturated heterocycles. The van der Waals surface area contributed by atoms with Gasteiger partial charge in [0, 0.05) is 25.0 Å². The van der Waals surface area contributed by atoms with E-state index in [1.807, 2.05) is 12.1 Å². The molecule has 22 heavy (non-hydrogen) atoms. The van der Waals surface area contributed by atoms with Crippen LogP contribution in [-0.4, -0.2) is 49.1 Å². The minimum Gasteiger partial charge on any atom is -0.469 e. The lowest BCUT2D eigenvalue weighted by Gasteiger charge is -2.22. The molecule has 0 aliphatic carbocycles. The number of nitrogens with one attached hydrogen (secondary N) is 2. The first kappa shape index (κ1) is 16.9. The van der Waals surface area contributed by atoms with Crippen molar-refractivity contribution in [1.82, 2.24) is 15.5 Å². The molecule has 5 nitrogen and oxygen atoms in total. The molecular formula is C17H30N4O. The number of rotatable bonds is 7. The summed E-state index contributed by atoms with van der Waals surface area (Å²) in [5.41, 5.74) is 0. The number of furan rings is 1. The van der Waals surface area contributed by atoms with E-state index in [1.165, 1.54) is 19.4 Å². The van der Waals surface area contributed by atoms with E-state index >= 15 is 0 Å². The Morgan fingerprint density at radius 2 is 2.36 bits per heavy atom. The number of nitrogens with zero attached hydrogens (tertiary/aromatic N) is 2. The largest absolute Gasteiger partial charge is 0.469 e. The first-order chi connectivity index (χ1) is 10.7. The third-order valence-electron chi connectivity index (χ3n) is 4.03. The summed E-state index contributed by atoms with van der Waals surface area (Å²) in [6, 6.07) is 4.91. The zero-order valence-corrected chi connectivity index (χ0v) is 14.1. The molecule has 5 heteroatoms. The van der Waals surface area contributed by atoms with Crippen molar-refractivity contribution in [1.29, 1.82) is 0 Å². The van der Waals surface area contributed by atoms with Crippen molar-refractivity contribution >= 4 is 5.96 Å². The van der Waals surface area contributed by atoms with E-state index in [0.29, 0.717) is 12.1 Å². The maximum Gasteiger partial charge on any atom is 0.191 e. The topological polar surface area (TPSA) is 52.8 Å². The molecule has 2 N–H and O–H groups in total. The second-order valence-electron chi connectivity index (χ2n) is 6.17. The number of likely N-dealkylation sites (tertiary alicyclic amines) is 1. The fraction of sp³-hybridized carbons (Fsp3) is 0.706. The highest BCUT2D eigenvalue weighted by Crippen LogP contribution is 2.16. The molecule has 1 fully saturated rings. The molecule has 0 saturated carbocycles. The standard InChI is InChI=1S/C17H30N4O/c1-4-21-11-5-7-15(21)13-19-17(20-14(2)3)18-10-9-16-8-6-12-22-16/h6,8,12,14-15H,4-5,7,9-11,13H2,1-3H3,(H2,18,19,20). The van der Waals surface area contributed by atoms with Crippen LogP contribution in [0.5, 0.6) is 0 Å². The molecule has 1 aromatic rings. The van der Waals surface area contributed by atoms with Crippen LogP contribution < -0.4 is 10.6 Å². The monoisotopic (exact) mass is 306 g/mol. The van der Waals surface area contributed by atoms with E-state index in [-0.39, 0.29) is 0 Å². The zero-order valence-electron chi connectivity index (χ0n) is 14.1. The van der Waals surface area contributed by atoms with Crippen molar-refractivity contribution < 1.29 is 4.42 Å². The predicted octanol–water partition coefficient (Wildman–Crippen LogP) is 2.25. The van der Waals surface area contributed by atoms with Crippen LogP contribution in [0.1, 0.15) is 39.4 Å². The lowest BCUT2D eigenvalue weighted by molar-refractivity contribution is 0.273. The highest BCUT2D eigenvalue weighted by atomic mass is 16.3. The van der Waals surface area contributed by atoms with Gasteiger partial charge in [0.25, 0.3) is 0 Å². The summed E-state index contributed by atoms with van der Waals surface area (Å²) in [7, 11) is 0. The average Bonchev–Trinajstić information content (AvgIpc) is 3.15. The Morgan fingerprint density at radius 3 is 3.05 bits per heavy atom. The number of aliphatic imine (C=N–C) groups is 1. The smallest absolute Gasteiger partial charge is 0.191 e. The molecule has 0 bridgehead atoms. The van der Waals surface area contributed by atoms with Gasteiger partial charge in [-0.1, -0.05) is 6.92 Å². The van der Waals surface area contributed by atoms with Crippen molar-refractivity contribution in [2.75, 3.05) is 26.2 Å². The molecule has 0 radical (unpaired) electrons. The molecule has 1 aromatic heterocycles. The maximum atomic E-state index is 5.36. The average molecular weight is 306 g/mol. The van der Waals surface area contributed by atoms with Crippen LogP contribution in [0.4, 0.5) is 0 Å². The molecule has 1 aliphatic rings. The third-order valence-corrected chi connectivity index (χ3v) is 4.03. The van der Waals surface area contributed by atoms with Crippen molar-refractivity contribution in [2.45, 2.75) is 52.1 Å². The normalized spacial score (nSPS) is 19.8. The number of guanidine groups is 1. The first-order valence-corrected chi connectivity index (χ1v) is 8.50. The molecule has 2 rings (SSSR count). The highest BCUT2D eigenvalue weighted by Gasteiger charge is 2.22. The maximum absolute atomic E-state index is 5.36. The van der Waals surface area contributed by atoms with E-state index in [1.54, 1.807) is 6.26 Å². The molecule has 1 aliphatic heterocycles. The number of hydrogen-bond acceptors (Lipinski definition) is 3. The van der Waals surface area contributed by atoms with Gasteiger partial charge in [-0.3, -0.25) is 9.89 Å². The summed E-state index contributed by atoms with van der Waals surface area (Å²) in [4.78, 5) is 7.31. The minimum absolute atomic E-state index is 0.376. The van der Waals surface area contributed by atoms with E-state index in [9.17, 15) is 0 Å². The van der Waals surface area contributed by atoms with Crippen LogP contribution in [0, 0.1) is 0 Å². The quantitative estimate of drug-likeness (QED) is 0.599. The van der Waals surface area contributed by atoms with Gasteiger partial charge in [-0.05, 0) is 51.9 Å². The highest BCUT2D eigenvalue weighted by molar-refractivity contribution is 5.80. The van der Waals surface area contributed by atoms with Crippen molar-refractivity contribution in [3.8, 4) is 0 Å². The minimum atomic E-state index is 0.376. The van der Waals surface area contributed by atoms with Gasteiger partial charge in [0.05, 0.1) is 12.8 Å². The van der Waals surface area contributed by atoms with Crippen molar-refractivity contribution in [3.63, 3.8) is 0 Å². The Balaban J connectivity index is 1.83. The van der Waals surface area contributed by atoms with E-state index in [4.69, 9.17) is 9.41 Å². The summed E-state index contributed by atoms with van der Waals surface area (Å²) in [6.45, 7) is 10.5. The van der Waals surface area contributed by atoms with Crippen LogP contribution in [0.3, 0.4) is 0 Å². The molecule has 1 atom stereocenters. The molecule has 2 heterocycles. The van der Waals surface area contributed by atoms with E-state index in [2.05, 4.69) is 36.3 Å². The van der Waals surface area contributed by atoms with Gasteiger partial charge in [-0.25, -0.2) is 0 Å². The lowest BCUT2D eigenvalue weighted by Crippen LogP contribution is -2.43. The van der Waals surface area contributed by atoms with Gasteiger partial charge < -0.3 is 15.1 Å². The van der Waals surface area contributed by atoms with E-state index < -0.39 is 0 Å². The molecule has 0 aromatic carbocycles. The summed E-state index contributed by atoms with van der Waals surface area (Å²) in [5, 5.41) is 6.81. The van der Waals surface area contributed by atoms with Crippen LogP contribution in [0.25, 0.3) is 0 Å². The number of hydrogen-bond donors (Lipinski definition) is 2. The summed E-state index contributed by atoms with van der Waals surface area (Å²) >= 11 is 0. The first-order valence-electron chi connectivity index (χ1n) is 8.50. The zero-order chi connectivity index (χ0) is 15.8. The summed E-state index contributed by atoms with van der Waals surface area (Å²) in [5.74, 6) is 1.91. The van der Waals surface area contributed by atoms with Gasteiger partial charge in [-0.2, -0.15) is 0 Å². The van der Waals surface area contributed by atoms with Gasteiger partial charge in [0.15, 0.2) is 5.96 Å². The second-order valence-corrected chi connectivity index (χ2v) is 6.17. The van der Waals surface area contributed by atoms with Crippen molar-refractivity contribution in [2.24, 2.45) is 4.99 Å². The fourth-order valence-electron chi connectivity index (χ4n) is 2.90. The summed E-state index contributed by atoms with van der Waals surface area (Å²) < 4.78 is 5.36. The Labute approximate surface area is 134 Å². The van der Waals surface area contributed by atoms with Crippen LogP contribution >= 0.6 is 0 Å². The van der Waals surface area contributed by atoms with Gasteiger partial charge in [0.2, 0.25) is 0 Å². The van der Waals surface area contributed by atoms with Crippen LogP contribution in [-0.2, 0) is 6.42 Å². The predicted molar refractivity (Wildman–Crippen MR) is 91.3 cm³/mol. The summed E-state index contributed by atoms with van der Waals surface area (Å²) in [6.07, 6.45) is 5.15. The molecule has 0 spiro atoms. The Kier molecular flexibility index (Phi) is 6.77. The SMILES string of the molecule is CCN1CCCC1CN=C(NCCc1ccco1)NC(C)C. The lowest BCUT2D eigenvalue weighted by atomic mass is 10.2. The molecule has 124 valence electrons. The number of likely N-dealkylation sites (N-methyl/N-ethyl adjacent to an activating group) is 1. The van der Waals surface area contributed by atoms with Crippen LogP contribution in [0.2, 0.25) is 0 Å².